The molecule has 0 atom stereocenters. The van der Waals surface area contributed by atoms with Gasteiger partial charge in [0.15, 0.2) is 0 Å². The fraction of sp³-hybridized carbons (Fsp3) is 0.231. The van der Waals surface area contributed by atoms with E-state index in [1.807, 2.05) is 43.3 Å². The summed E-state index contributed by atoms with van der Waals surface area (Å²) in [6.07, 6.45) is -1.30. The van der Waals surface area contributed by atoms with E-state index in [1.54, 1.807) is 10.9 Å². The Kier molecular flexibility index (Phi) is 6.58. The number of alkyl halides is 3. The van der Waals surface area contributed by atoms with Crippen LogP contribution in [0.4, 0.5) is 13.2 Å². The highest BCUT2D eigenvalue weighted by molar-refractivity contribution is 5.81. The first-order chi connectivity index (χ1) is 16.2. The van der Waals surface area contributed by atoms with Crippen LogP contribution in [0.1, 0.15) is 35.6 Å². The normalized spacial score (nSPS) is 11.6. The maximum absolute atomic E-state index is 12.8. The summed E-state index contributed by atoms with van der Waals surface area (Å²) in [5.41, 5.74) is 3.41. The van der Waals surface area contributed by atoms with Crippen molar-refractivity contribution in [3.05, 3.63) is 89.1 Å². The summed E-state index contributed by atoms with van der Waals surface area (Å²) in [4.78, 5) is 10.9. The van der Waals surface area contributed by atoms with E-state index < -0.39 is 17.7 Å². The first-order valence-electron chi connectivity index (χ1n) is 10.9. The zero-order valence-corrected chi connectivity index (χ0v) is 18.5. The van der Waals surface area contributed by atoms with Gasteiger partial charge in [-0.2, -0.15) is 18.3 Å². The molecule has 0 bridgehead atoms. The lowest BCUT2D eigenvalue weighted by atomic mass is 10.0. The SMILES string of the molecule is CCc1cc(OCc2cccc3cn(-c4ccc(C(F)(F)F)cc4)nc23)ccc1CCC(=O)O. The largest absolute Gasteiger partial charge is 0.489 e. The average molecular weight is 468 g/mol. The highest BCUT2D eigenvalue weighted by Crippen LogP contribution is 2.30. The monoisotopic (exact) mass is 468 g/mol. The van der Waals surface area contributed by atoms with Crippen LogP contribution in [-0.4, -0.2) is 20.9 Å². The Hall–Kier alpha value is -3.81. The Labute approximate surface area is 194 Å². The van der Waals surface area contributed by atoms with Crippen LogP contribution in [0.3, 0.4) is 0 Å². The van der Waals surface area contributed by atoms with Crippen molar-refractivity contribution < 1.29 is 27.8 Å². The van der Waals surface area contributed by atoms with Crippen LogP contribution in [0.25, 0.3) is 16.6 Å². The molecule has 1 N–H and O–H groups in total. The fourth-order valence-corrected chi connectivity index (χ4v) is 3.83. The number of carboxylic acids is 1. The second kappa shape index (κ2) is 9.59. The van der Waals surface area contributed by atoms with Crippen molar-refractivity contribution in [2.75, 3.05) is 0 Å². The molecule has 0 radical (unpaired) electrons. The molecule has 0 aliphatic heterocycles. The average Bonchev–Trinajstić information content (AvgIpc) is 3.26. The lowest BCUT2D eigenvalue weighted by Gasteiger charge is -2.12. The Morgan fingerprint density at radius 2 is 1.79 bits per heavy atom. The zero-order valence-electron chi connectivity index (χ0n) is 18.5. The molecular formula is C26H23F3N2O3. The van der Waals surface area contributed by atoms with E-state index in [1.165, 1.54) is 12.1 Å². The van der Waals surface area contributed by atoms with Gasteiger partial charge in [0.05, 0.1) is 16.8 Å². The molecule has 0 aliphatic carbocycles. The smallest absolute Gasteiger partial charge is 0.416 e. The number of benzene rings is 3. The van der Waals surface area contributed by atoms with Crippen LogP contribution in [0.2, 0.25) is 0 Å². The second-order valence-electron chi connectivity index (χ2n) is 7.94. The first kappa shape index (κ1) is 23.4. The van der Waals surface area contributed by atoms with Crippen molar-refractivity contribution in [2.24, 2.45) is 0 Å². The van der Waals surface area contributed by atoms with Gasteiger partial charge in [0, 0.05) is 23.6 Å². The number of rotatable bonds is 8. The number of carbonyl (C=O) groups is 1. The molecule has 0 amide bonds. The van der Waals surface area contributed by atoms with Crippen molar-refractivity contribution in [1.82, 2.24) is 9.78 Å². The van der Waals surface area contributed by atoms with E-state index in [9.17, 15) is 18.0 Å². The number of aryl methyl sites for hydroxylation is 2. The minimum Gasteiger partial charge on any atom is -0.489 e. The van der Waals surface area contributed by atoms with Gasteiger partial charge in [0.1, 0.15) is 12.4 Å². The number of halogens is 3. The molecule has 0 saturated carbocycles. The third-order valence-corrected chi connectivity index (χ3v) is 5.64. The number of hydrogen-bond donors (Lipinski definition) is 1. The molecular weight excluding hydrogens is 445 g/mol. The molecule has 34 heavy (non-hydrogen) atoms. The molecule has 0 saturated heterocycles. The molecule has 0 aliphatic rings. The molecule has 1 heterocycles. The third-order valence-electron chi connectivity index (χ3n) is 5.64. The standard InChI is InChI=1S/C26H23F3N2O3/c1-2-17-14-23(12-6-18(17)7-13-24(32)33)34-16-20-5-3-4-19-15-31(30-25(19)20)22-10-8-21(9-11-22)26(27,28)29/h3-6,8-12,14-15H,2,7,13,16H2,1H3,(H,32,33). The van der Waals surface area contributed by atoms with Gasteiger partial charge in [-0.25, -0.2) is 4.68 Å². The summed E-state index contributed by atoms with van der Waals surface area (Å²) in [5, 5.41) is 14.4. The van der Waals surface area contributed by atoms with Crippen LogP contribution < -0.4 is 4.74 Å². The molecule has 176 valence electrons. The first-order valence-corrected chi connectivity index (χ1v) is 10.9. The summed E-state index contributed by atoms with van der Waals surface area (Å²) in [5.74, 6) is -0.152. The lowest BCUT2D eigenvalue weighted by Crippen LogP contribution is -2.05. The minimum atomic E-state index is -4.38. The van der Waals surface area contributed by atoms with Crippen LogP contribution in [0.5, 0.6) is 5.75 Å². The summed E-state index contributed by atoms with van der Waals surface area (Å²) >= 11 is 0. The Bertz CT molecular complexity index is 1310. The van der Waals surface area contributed by atoms with Crippen molar-refractivity contribution in [3.63, 3.8) is 0 Å². The summed E-state index contributed by atoms with van der Waals surface area (Å²) < 4.78 is 46.1. The van der Waals surface area contributed by atoms with E-state index in [2.05, 4.69) is 5.10 Å². The molecule has 0 spiro atoms. The number of nitrogens with zero attached hydrogens (tertiary/aromatic N) is 2. The van der Waals surface area contributed by atoms with Gasteiger partial charge in [-0.05, 0) is 60.4 Å². The van der Waals surface area contributed by atoms with Crippen molar-refractivity contribution in [3.8, 4) is 11.4 Å². The maximum atomic E-state index is 12.8. The molecule has 0 unspecified atom stereocenters. The topological polar surface area (TPSA) is 64.4 Å². The predicted octanol–water partition coefficient (Wildman–Crippen LogP) is 6.20. The van der Waals surface area contributed by atoms with Crippen molar-refractivity contribution in [2.45, 2.75) is 39.0 Å². The molecule has 1 aromatic heterocycles. The second-order valence-corrected chi connectivity index (χ2v) is 7.94. The number of carboxylic acid groups (broad SMARTS) is 1. The van der Waals surface area contributed by atoms with E-state index in [0.717, 1.165) is 40.6 Å². The van der Waals surface area contributed by atoms with E-state index >= 15 is 0 Å². The van der Waals surface area contributed by atoms with E-state index in [4.69, 9.17) is 9.84 Å². The number of aromatic nitrogens is 2. The van der Waals surface area contributed by atoms with Gasteiger partial charge >= 0.3 is 12.1 Å². The minimum absolute atomic E-state index is 0.0802. The molecule has 0 fully saturated rings. The molecule has 4 aromatic rings. The van der Waals surface area contributed by atoms with E-state index in [0.29, 0.717) is 23.4 Å². The van der Waals surface area contributed by atoms with Gasteiger partial charge in [-0.1, -0.05) is 31.2 Å². The van der Waals surface area contributed by atoms with Crippen LogP contribution in [-0.2, 0) is 30.4 Å². The van der Waals surface area contributed by atoms with Crippen LogP contribution >= 0.6 is 0 Å². The zero-order chi connectivity index (χ0) is 24.3. The quantitative estimate of drug-likeness (QED) is 0.334. The molecule has 8 heteroatoms. The van der Waals surface area contributed by atoms with Crippen molar-refractivity contribution in [1.29, 1.82) is 0 Å². The van der Waals surface area contributed by atoms with Gasteiger partial charge in [0.2, 0.25) is 0 Å². The summed E-state index contributed by atoms with van der Waals surface area (Å²) in [7, 11) is 0. The number of fused-ring (bicyclic) bond motifs is 1. The predicted molar refractivity (Wildman–Crippen MR) is 122 cm³/mol. The molecule has 4 rings (SSSR count). The summed E-state index contributed by atoms with van der Waals surface area (Å²) in [6, 6.07) is 16.2. The highest BCUT2D eigenvalue weighted by atomic mass is 19.4. The number of aliphatic carboxylic acids is 1. The van der Waals surface area contributed by atoms with Crippen LogP contribution in [0.15, 0.2) is 66.9 Å². The molecule has 3 aromatic carbocycles. The Morgan fingerprint density at radius 1 is 1.03 bits per heavy atom. The van der Waals surface area contributed by atoms with Gasteiger partial charge in [0.25, 0.3) is 0 Å². The highest BCUT2D eigenvalue weighted by Gasteiger charge is 2.30. The van der Waals surface area contributed by atoms with Crippen LogP contribution in [0, 0.1) is 0 Å². The number of hydrogen-bond acceptors (Lipinski definition) is 3. The number of ether oxygens (including phenoxy) is 1. The fourth-order valence-electron chi connectivity index (χ4n) is 3.83. The third kappa shape index (κ3) is 5.22. The van der Waals surface area contributed by atoms with Gasteiger partial charge in [-0.3, -0.25) is 4.79 Å². The molecule has 5 nitrogen and oxygen atoms in total. The van der Waals surface area contributed by atoms with Crippen molar-refractivity contribution >= 4 is 16.9 Å². The van der Waals surface area contributed by atoms with Gasteiger partial charge < -0.3 is 9.84 Å². The maximum Gasteiger partial charge on any atom is 0.416 e. The summed E-state index contributed by atoms with van der Waals surface area (Å²) in [6.45, 7) is 2.27. The Morgan fingerprint density at radius 3 is 2.47 bits per heavy atom. The lowest BCUT2D eigenvalue weighted by molar-refractivity contribution is -0.138. The van der Waals surface area contributed by atoms with E-state index in [-0.39, 0.29) is 13.0 Å². The Balaban J connectivity index is 1.53. The van der Waals surface area contributed by atoms with Gasteiger partial charge in [-0.15, -0.1) is 0 Å².